The molecule has 0 spiro atoms. The second kappa shape index (κ2) is 6.89. The van der Waals surface area contributed by atoms with Crippen LogP contribution in [0.2, 0.25) is 0 Å². The van der Waals surface area contributed by atoms with Crippen molar-refractivity contribution in [3.8, 4) is 0 Å². The van der Waals surface area contributed by atoms with Crippen molar-refractivity contribution >= 4 is 11.9 Å². The van der Waals surface area contributed by atoms with E-state index in [0.29, 0.717) is 25.7 Å². The van der Waals surface area contributed by atoms with Gasteiger partial charge in [-0.3, -0.25) is 4.79 Å². The quantitative estimate of drug-likeness (QED) is 0.758. The summed E-state index contributed by atoms with van der Waals surface area (Å²) in [6.45, 7) is 3.51. The summed E-state index contributed by atoms with van der Waals surface area (Å²) >= 11 is 0. The first kappa shape index (κ1) is 17.1. The van der Waals surface area contributed by atoms with Crippen molar-refractivity contribution in [2.45, 2.75) is 43.6 Å². The molecule has 124 valence electrons. The molecule has 1 aliphatic carbocycles. The smallest absolute Gasteiger partial charge is 0.326 e. The number of carboxylic acids is 1. The Hall–Kier alpha value is -2.24. The van der Waals surface area contributed by atoms with E-state index >= 15 is 0 Å². The van der Waals surface area contributed by atoms with Gasteiger partial charge in [-0.2, -0.15) is 0 Å². The van der Waals surface area contributed by atoms with E-state index in [0.717, 1.165) is 12.1 Å². The van der Waals surface area contributed by atoms with Crippen LogP contribution in [0.1, 0.15) is 37.7 Å². The first-order valence-corrected chi connectivity index (χ1v) is 7.51. The highest BCUT2D eigenvalue weighted by molar-refractivity contribution is 5.92. The van der Waals surface area contributed by atoms with Gasteiger partial charge in [0.1, 0.15) is 17.7 Å². The lowest BCUT2D eigenvalue weighted by Crippen LogP contribution is -2.54. The Balaban J connectivity index is 2.27. The van der Waals surface area contributed by atoms with E-state index < -0.39 is 35.0 Å². The Morgan fingerprint density at radius 1 is 1.35 bits per heavy atom. The molecule has 23 heavy (non-hydrogen) atoms. The predicted octanol–water partition coefficient (Wildman–Crippen LogP) is 2.92. The minimum absolute atomic E-state index is 0.181. The standard InChI is InChI=1S/C17H19F2NO3/c1-2-3-8-13(15(21)22)20-16(23)17(9-5-10-17)14-11(18)6-4-7-12(14)19/h2,4,6-7,13H,1,3,5,8-10H2,(H,20,23)(H,21,22). The van der Waals surface area contributed by atoms with E-state index in [1.54, 1.807) is 6.08 Å². The molecule has 1 aromatic carbocycles. The molecule has 0 aliphatic heterocycles. The first-order chi connectivity index (χ1) is 10.9. The van der Waals surface area contributed by atoms with Gasteiger partial charge >= 0.3 is 5.97 Å². The zero-order valence-corrected chi connectivity index (χ0v) is 12.6. The lowest BCUT2D eigenvalue weighted by atomic mass is 9.63. The van der Waals surface area contributed by atoms with Crippen molar-refractivity contribution in [1.82, 2.24) is 5.32 Å². The Kier molecular flexibility index (Phi) is 5.13. The van der Waals surface area contributed by atoms with Gasteiger partial charge in [0.15, 0.2) is 0 Å². The Morgan fingerprint density at radius 2 is 1.96 bits per heavy atom. The first-order valence-electron chi connectivity index (χ1n) is 7.51. The van der Waals surface area contributed by atoms with Crippen LogP contribution < -0.4 is 5.32 Å². The summed E-state index contributed by atoms with van der Waals surface area (Å²) < 4.78 is 28.2. The number of carbonyl (C=O) groups is 2. The molecule has 1 unspecified atom stereocenters. The molecule has 2 rings (SSSR count). The highest BCUT2D eigenvalue weighted by Crippen LogP contribution is 2.46. The molecule has 0 saturated heterocycles. The minimum atomic E-state index is -1.32. The Labute approximate surface area is 133 Å². The van der Waals surface area contributed by atoms with E-state index in [-0.39, 0.29) is 12.0 Å². The predicted molar refractivity (Wildman–Crippen MR) is 80.9 cm³/mol. The minimum Gasteiger partial charge on any atom is -0.480 e. The molecule has 1 aromatic rings. The molecule has 4 nitrogen and oxygen atoms in total. The fourth-order valence-corrected chi connectivity index (χ4v) is 2.91. The van der Waals surface area contributed by atoms with Crippen molar-refractivity contribution in [3.05, 3.63) is 48.1 Å². The number of carboxylic acid groups (broad SMARTS) is 1. The monoisotopic (exact) mass is 323 g/mol. The van der Waals surface area contributed by atoms with Crippen LogP contribution in [-0.2, 0) is 15.0 Å². The van der Waals surface area contributed by atoms with Gasteiger partial charge in [0.05, 0.1) is 5.41 Å². The van der Waals surface area contributed by atoms with Gasteiger partial charge in [-0.15, -0.1) is 6.58 Å². The molecular formula is C17H19F2NO3. The average Bonchev–Trinajstić information content (AvgIpc) is 2.45. The SMILES string of the molecule is C=CCCC(NC(=O)C1(c2c(F)cccc2F)CCC1)C(=O)O. The Bertz CT molecular complexity index is 606. The summed E-state index contributed by atoms with van der Waals surface area (Å²) in [6.07, 6.45) is 3.40. The summed E-state index contributed by atoms with van der Waals surface area (Å²) in [4.78, 5) is 23.8. The molecule has 1 amide bonds. The van der Waals surface area contributed by atoms with Crippen LogP contribution in [0.25, 0.3) is 0 Å². The van der Waals surface area contributed by atoms with Gasteiger partial charge in [0.2, 0.25) is 5.91 Å². The van der Waals surface area contributed by atoms with Crippen molar-refractivity contribution in [2.24, 2.45) is 0 Å². The number of halogens is 2. The highest BCUT2D eigenvalue weighted by Gasteiger charge is 2.49. The van der Waals surface area contributed by atoms with E-state index in [4.69, 9.17) is 0 Å². The maximum absolute atomic E-state index is 14.1. The molecule has 1 saturated carbocycles. The van der Waals surface area contributed by atoms with Gasteiger partial charge in [0, 0.05) is 5.56 Å². The zero-order valence-electron chi connectivity index (χ0n) is 12.6. The van der Waals surface area contributed by atoms with E-state index in [9.17, 15) is 23.5 Å². The van der Waals surface area contributed by atoms with E-state index in [1.165, 1.54) is 6.07 Å². The van der Waals surface area contributed by atoms with Crippen LogP contribution in [0.3, 0.4) is 0 Å². The summed E-state index contributed by atoms with van der Waals surface area (Å²) in [7, 11) is 0. The molecule has 0 aromatic heterocycles. The number of benzene rings is 1. The molecular weight excluding hydrogens is 304 g/mol. The summed E-state index contributed by atoms with van der Waals surface area (Å²) in [5.41, 5.74) is -1.59. The number of aliphatic carboxylic acids is 1. The lowest BCUT2D eigenvalue weighted by molar-refractivity contribution is -0.143. The highest BCUT2D eigenvalue weighted by atomic mass is 19.1. The normalized spacial score (nSPS) is 17.0. The number of carbonyl (C=O) groups excluding carboxylic acids is 1. The second-order valence-electron chi connectivity index (χ2n) is 5.76. The van der Waals surface area contributed by atoms with Crippen molar-refractivity contribution in [3.63, 3.8) is 0 Å². The second-order valence-corrected chi connectivity index (χ2v) is 5.76. The van der Waals surface area contributed by atoms with E-state index in [1.807, 2.05) is 0 Å². The largest absolute Gasteiger partial charge is 0.480 e. The van der Waals surface area contributed by atoms with Crippen LogP contribution in [-0.4, -0.2) is 23.0 Å². The van der Waals surface area contributed by atoms with Crippen molar-refractivity contribution < 1.29 is 23.5 Å². The van der Waals surface area contributed by atoms with Gasteiger partial charge < -0.3 is 10.4 Å². The number of rotatable bonds is 7. The number of hydrogen-bond donors (Lipinski definition) is 2. The fourth-order valence-electron chi connectivity index (χ4n) is 2.91. The molecule has 2 N–H and O–H groups in total. The topological polar surface area (TPSA) is 66.4 Å². The molecule has 0 radical (unpaired) electrons. The molecule has 1 aliphatic rings. The van der Waals surface area contributed by atoms with Gasteiger partial charge in [-0.1, -0.05) is 18.6 Å². The number of allylic oxidation sites excluding steroid dienone is 1. The molecule has 0 heterocycles. The van der Waals surface area contributed by atoms with Crippen LogP contribution >= 0.6 is 0 Å². The third-order valence-electron chi connectivity index (χ3n) is 4.35. The summed E-state index contributed by atoms with van der Waals surface area (Å²) in [5, 5.41) is 11.6. The van der Waals surface area contributed by atoms with Crippen LogP contribution in [0.5, 0.6) is 0 Å². The summed E-state index contributed by atoms with van der Waals surface area (Å²) in [6, 6.07) is 2.35. The van der Waals surface area contributed by atoms with Crippen molar-refractivity contribution in [1.29, 1.82) is 0 Å². The fraction of sp³-hybridized carbons (Fsp3) is 0.412. The third-order valence-corrected chi connectivity index (χ3v) is 4.35. The average molecular weight is 323 g/mol. The molecule has 6 heteroatoms. The third kappa shape index (κ3) is 3.25. The van der Waals surface area contributed by atoms with Gasteiger partial charge in [-0.05, 0) is 37.8 Å². The maximum atomic E-state index is 14.1. The van der Waals surface area contributed by atoms with E-state index in [2.05, 4.69) is 11.9 Å². The number of hydrogen-bond acceptors (Lipinski definition) is 2. The Morgan fingerprint density at radius 3 is 2.39 bits per heavy atom. The van der Waals surface area contributed by atoms with Crippen molar-refractivity contribution in [2.75, 3.05) is 0 Å². The maximum Gasteiger partial charge on any atom is 0.326 e. The van der Waals surface area contributed by atoms with Crippen LogP contribution in [0.15, 0.2) is 30.9 Å². The summed E-state index contributed by atoms with van der Waals surface area (Å²) in [5.74, 6) is -3.37. The molecule has 1 fully saturated rings. The van der Waals surface area contributed by atoms with Gasteiger partial charge in [0.25, 0.3) is 0 Å². The van der Waals surface area contributed by atoms with Crippen LogP contribution in [0.4, 0.5) is 8.78 Å². The number of amides is 1. The molecule has 1 atom stereocenters. The van der Waals surface area contributed by atoms with Crippen LogP contribution in [0, 0.1) is 11.6 Å². The zero-order chi connectivity index (χ0) is 17.0. The molecule has 0 bridgehead atoms. The number of nitrogens with one attached hydrogen (secondary N) is 1. The lowest BCUT2D eigenvalue weighted by Gasteiger charge is -2.41. The van der Waals surface area contributed by atoms with Gasteiger partial charge in [-0.25, -0.2) is 13.6 Å².